The zero-order chi connectivity index (χ0) is 13.9. The maximum atomic E-state index is 10.8. The number of nitro groups is 1. The minimum absolute atomic E-state index is 0. The average Bonchev–Trinajstić information content (AvgIpc) is 2.27. The van der Waals surface area contributed by atoms with Crippen molar-refractivity contribution in [3.8, 4) is 11.5 Å². The number of methoxy groups -OCH3 is 1. The van der Waals surface area contributed by atoms with Crippen LogP contribution < -0.4 is 10.5 Å². The fourth-order valence-corrected chi connectivity index (χ4v) is 1.79. The molecule has 0 unspecified atom stereocenters. The molecule has 0 spiro atoms. The number of hydrogen-bond acceptors (Lipinski definition) is 5. The van der Waals surface area contributed by atoms with Gasteiger partial charge in [0.2, 0.25) is 0 Å². The highest BCUT2D eigenvalue weighted by Crippen LogP contribution is 2.38. The summed E-state index contributed by atoms with van der Waals surface area (Å²) in [6.45, 7) is 3.98. The third-order valence-corrected chi connectivity index (χ3v) is 2.64. The van der Waals surface area contributed by atoms with E-state index in [1.165, 1.54) is 19.2 Å². The van der Waals surface area contributed by atoms with Crippen LogP contribution in [0.25, 0.3) is 0 Å². The molecule has 1 aromatic rings. The van der Waals surface area contributed by atoms with Crippen LogP contribution in [0.3, 0.4) is 0 Å². The summed E-state index contributed by atoms with van der Waals surface area (Å²) in [6, 6.07) is 2.02. The van der Waals surface area contributed by atoms with Crippen LogP contribution in [0, 0.1) is 16.0 Å². The van der Waals surface area contributed by atoms with Crippen LogP contribution in [0.4, 0.5) is 5.69 Å². The van der Waals surface area contributed by atoms with Gasteiger partial charge >= 0.3 is 0 Å². The predicted molar refractivity (Wildman–Crippen MR) is 74.9 cm³/mol. The predicted octanol–water partition coefficient (Wildman–Crippen LogP) is 2.78. The first-order valence-electron chi connectivity index (χ1n) is 5.67. The molecule has 0 aliphatic rings. The van der Waals surface area contributed by atoms with Crippen molar-refractivity contribution in [2.75, 3.05) is 7.11 Å². The van der Waals surface area contributed by atoms with Gasteiger partial charge in [0.25, 0.3) is 5.69 Å². The van der Waals surface area contributed by atoms with Crippen molar-refractivity contribution < 1.29 is 14.8 Å². The zero-order valence-corrected chi connectivity index (χ0v) is 11.9. The molecule has 0 aromatic heterocycles. The number of non-ortho nitro benzene ring substituents is 1. The number of nitrogens with zero attached hydrogens (tertiary/aromatic N) is 1. The third-order valence-electron chi connectivity index (χ3n) is 2.64. The van der Waals surface area contributed by atoms with Crippen molar-refractivity contribution in [2.45, 2.75) is 26.3 Å². The molecule has 0 fully saturated rings. The van der Waals surface area contributed by atoms with Crippen molar-refractivity contribution in [1.82, 2.24) is 0 Å². The highest BCUT2D eigenvalue weighted by molar-refractivity contribution is 5.85. The Morgan fingerprint density at radius 2 is 2.05 bits per heavy atom. The highest BCUT2D eigenvalue weighted by atomic mass is 35.5. The lowest BCUT2D eigenvalue weighted by molar-refractivity contribution is -0.385. The maximum Gasteiger partial charge on any atom is 0.273 e. The second kappa shape index (κ2) is 7.16. The molecule has 0 amide bonds. The molecule has 1 aromatic carbocycles. The Morgan fingerprint density at radius 1 is 1.47 bits per heavy atom. The van der Waals surface area contributed by atoms with Crippen molar-refractivity contribution in [1.29, 1.82) is 0 Å². The largest absolute Gasteiger partial charge is 0.504 e. The van der Waals surface area contributed by atoms with E-state index < -0.39 is 11.0 Å². The molecule has 108 valence electrons. The van der Waals surface area contributed by atoms with Crippen LogP contribution >= 0.6 is 12.4 Å². The molecule has 0 saturated carbocycles. The Labute approximate surface area is 118 Å². The molecule has 0 heterocycles. The summed E-state index contributed by atoms with van der Waals surface area (Å²) in [4.78, 5) is 10.3. The maximum absolute atomic E-state index is 10.8. The Kier molecular flexibility index (Phi) is 6.58. The van der Waals surface area contributed by atoms with E-state index in [4.69, 9.17) is 10.5 Å². The summed E-state index contributed by atoms with van der Waals surface area (Å²) >= 11 is 0. The van der Waals surface area contributed by atoms with Gasteiger partial charge in [0.05, 0.1) is 18.1 Å². The average molecular weight is 291 g/mol. The molecule has 19 heavy (non-hydrogen) atoms. The van der Waals surface area contributed by atoms with E-state index in [1.54, 1.807) is 0 Å². The van der Waals surface area contributed by atoms with Crippen LogP contribution in [0.1, 0.15) is 31.9 Å². The lowest BCUT2D eigenvalue weighted by Gasteiger charge is -2.17. The molecular weight excluding hydrogens is 272 g/mol. The van der Waals surface area contributed by atoms with E-state index in [0.29, 0.717) is 17.9 Å². The Balaban J connectivity index is 0.00000324. The number of benzene rings is 1. The van der Waals surface area contributed by atoms with Crippen molar-refractivity contribution in [2.24, 2.45) is 11.7 Å². The van der Waals surface area contributed by atoms with Gasteiger partial charge in [0, 0.05) is 17.7 Å². The summed E-state index contributed by atoms with van der Waals surface area (Å²) in [5.74, 6) is 0.263. The van der Waals surface area contributed by atoms with Crippen LogP contribution in [0.5, 0.6) is 11.5 Å². The minimum Gasteiger partial charge on any atom is -0.504 e. The van der Waals surface area contributed by atoms with E-state index in [2.05, 4.69) is 0 Å². The van der Waals surface area contributed by atoms with Gasteiger partial charge in [-0.2, -0.15) is 0 Å². The molecule has 0 saturated heterocycles. The second-order valence-electron chi connectivity index (χ2n) is 4.58. The van der Waals surface area contributed by atoms with Crippen molar-refractivity contribution in [3.63, 3.8) is 0 Å². The van der Waals surface area contributed by atoms with E-state index in [-0.39, 0.29) is 29.6 Å². The van der Waals surface area contributed by atoms with Crippen LogP contribution in [-0.4, -0.2) is 17.1 Å². The van der Waals surface area contributed by atoms with Gasteiger partial charge in [-0.25, -0.2) is 0 Å². The van der Waals surface area contributed by atoms with E-state index in [1.807, 2.05) is 13.8 Å². The van der Waals surface area contributed by atoms with Gasteiger partial charge in [-0.1, -0.05) is 13.8 Å². The number of aromatic hydroxyl groups is 1. The fraction of sp³-hybridized carbons (Fsp3) is 0.500. The number of ether oxygens (including phenoxy) is 1. The van der Waals surface area contributed by atoms with E-state index >= 15 is 0 Å². The summed E-state index contributed by atoms with van der Waals surface area (Å²) in [5, 5.41) is 20.8. The Hall–Kier alpha value is -1.53. The number of hydrogen-bond donors (Lipinski definition) is 2. The van der Waals surface area contributed by atoms with Crippen molar-refractivity contribution >= 4 is 18.1 Å². The van der Waals surface area contributed by atoms with E-state index in [0.717, 1.165) is 0 Å². The number of phenolic OH excluding ortho intramolecular Hbond substituents is 1. The Morgan fingerprint density at radius 3 is 2.47 bits per heavy atom. The first kappa shape index (κ1) is 17.5. The number of halogens is 1. The molecule has 0 radical (unpaired) electrons. The number of nitrogens with two attached hydrogens (primary N) is 1. The number of nitro benzene ring substituents is 1. The molecule has 0 aliphatic heterocycles. The molecule has 6 nitrogen and oxygen atoms in total. The molecule has 0 aliphatic carbocycles. The minimum atomic E-state index is -0.534. The lowest BCUT2D eigenvalue weighted by Crippen LogP contribution is -2.13. The number of rotatable bonds is 5. The smallest absolute Gasteiger partial charge is 0.273 e. The first-order valence-corrected chi connectivity index (χ1v) is 5.67. The van der Waals surface area contributed by atoms with Gasteiger partial charge in [-0.05, 0) is 12.3 Å². The van der Waals surface area contributed by atoms with Gasteiger partial charge in [0.1, 0.15) is 0 Å². The van der Waals surface area contributed by atoms with Gasteiger partial charge in [-0.3, -0.25) is 10.1 Å². The van der Waals surface area contributed by atoms with E-state index in [9.17, 15) is 15.2 Å². The molecular formula is C12H19ClN2O4. The Bertz CT molecular complexity index is 452. The second-order valence-corrected chi connectivity index (χ2v) is 4.58. The van der Waals surface area contributed by atoms with Crippen molar-refractivity contribution in [3.05, 3.63) is 27.8 Å². The van der Waals surface area contributed by atoms with Crippen LogP contribution in [0.2, 0.25) is 0 Å². The third kappa shape index (κ3) is 4.25. The lowest BCUT2D eigenvalue weighted by atomic mass is 9.96. The monoisotopic (exact) mass is 290 g/mol. The summed E-state index contributed by atoms with van der Waals surface area (Å²) in [7, 11) is 1.34. The molecule has 1 rings (SSSR count). The summed E-state index contributed by atoms with van der Waals surface area (Å²) in [6.07, 6.45) is 0.623. The van der Waals surface area contributed by atoms with Crippen LogP contribution in [0.15, 0.2) is 12.1 Å². The molecule has 1 atom stereocenters. The van der Waals surface area contributed by atoms with Gasteiger partial charge in [-0.15, -0.1) is 12.4 Å². The SMILES string of the molecule is COc1cc([N+](=O)[O-])cc([C@H](N)CC(C)C)c1O.Cl. The van der Waals surface area contributed by atoms with Gasteiger partial charge in [0.15, 0.2) is 11.5 Å². The summed E-state index contributed by atoms with van der Waals surface area (Å²) < 4.78 is 4.92. The zero-order valence-electron chi connectivity index (χ0n) is 11.1. The molecule has 7 heteroatoms. The molecule has 0 bridgehead atoms. The first-order chi connectivity index (χ1) is 8.36. The molecule has 3 N–H and O–H groups in total. The quantitative estimate of drug-likeness (QED) is 0.642. The van der Waals surface area contributed by atoms with Crippen LogP contribution in [-0.2, 0) is 0 Å². The summed E-state index contributed by atoms with van der Waals surface area (Å²) in [5.41, 5.74) is 6.15. The highest BCUT2D eigenvalue weighted by Gasteiger charge is 2.21. The fourth-order valence-electron chi connectivity index (χ4n) is 1.79. The van der Waals surface area contributed by atoms with Gasteiger partial charge < -0.3 is 15.6 Å². The standard InChI is InChI=1S/C12H18N2O4.ClH/c1-7(2)4-10(13)9-5-8(14(16)17)6-11(18-3)12(9)15;/h5-7,10,15H,4,13H2,1-3H3;1H/t10-;/m1./s1. The number of phenols is 1. The topological polar surface area (TPSA) is 98.6 Å². The normalized spacial score (nSPS) is 11.8.